The molecule has 1 aliphatic rings. The molecule has 0 aliphatic heterocycles. The third kappa shape index (κ3) is 1.12. The normalized spacial score (nSPS) is 13.5. The van der Waals surface area contributed by atoms with E-state index in [-0.39, 0.29) is 28.7 Å². The van der Waals surface area contributed by atoms with Crippen LogP contribution in [-0.2, 0) is 7.05 Å². The van der Waals surface area contributed by atoms with Gasteiger partial charge in [0.15, 0.2) is 11.7 Å². The first-order chi connectivity index (χ1) is 8.11. The van der Waals surface area contributed by atoms with Crippen LogP contribution >= 0.6 is 0 Å². The van der Waals surface area contributed by atoms with Crippen LogP contribution in [0.15, 0.2) is 30.3 Å². The minimum Gasteiger partial charge on any atom is -0.494 e. The third-order valence-electron chi connectivity index (χ3n) is 3.08. The van der Waals surface area contributed by atoms with Crippen molar-refractivity contribution in [3.8, 4) is 5.88 Å². The first-order valence-corrected chi connectivity index (χ1v) is 5.18. The number of hydrogen-bond acceptors (Lipinski definition) is 3. The zero-order valence-corrected chi connectivity index (χ0v) is 9.10. The van der Waals surface area contributed by atoms with Gasteiger partial charge in [0.05, 0.1) is 5.56 Å². The average molecular weight is 227 g/mol. The lowest BCUT2D eigenvalue weighted by molar-refractivity contribution is 0.0974. The molecule has 84 valence electrons. The highest BCUT2D eigenvalue weighted by atomic mass is 16.3. The molecule has 0 saturated heterocycles. The molecule has 0 saturated carbocycles. The van der Waals surface area contributed by atoms with Crippen LogP contribution in [-0.4, -0.2) is 21.2 Å². The molecule has 4 heteroatoms. The van der Waals surface area contributed by atoms with Crippen molar-refractivity contribution in [1.82, 2.24) is 4.57 Å². The molecular weight excluding hydrogens is 218 g/mol. The number of aromatic hydroxyl groups is 1. The van der Waals surface area contributed by atoms with E-state index in [4.69, 9.17) is 0 Å². The Balaban J connectivity index is 2.37. The van der Waals surface area contributed by atoms with Crippen molar-refractivity contribution >= 4 is 11.6 Å². The molecule has 0 atom stereocenters. The minimum absolute atomic E-state index is 0.0792. The highest BCUT2D eigenvalue weighted by Crippen LogP contribution is 2.31. The predicted octanol–water partition coefficient (Wildman–Crippen LogP) is 1.51. The number of ketones is 2. The van der Waals surface area contributed by atoms with Crippen LogP contribution in [0, 0.1) is 0 Å². The molecule has 0 spiro atoms. The number of hydrogen-bond donors (Lipinski definition) is 1. The zero-order valence-electron chi connectivity index (χ0n) is 9.10. The van der Waals surface area contributed by atoms with Gasteiger partial charge in [0.2, 0.25) is 5.78 Å². The first-order valence-electron chi connectivity index (χ1n) is 5.18. The SMILES string of the molecule is Cn1c(O)cc2c1C(=O)c1ccccc1C2=O. The van der Waals surface area contributed by atoms with Crippen LogP contribution in [0.1, 0.15) is 32.0 Å². The Hall–Kier alpha value is -2.36. The van der Waals surface area contributed by atoms with E-state index in [1.165, 1.54) is 10.6 Å². The van der Waals surface area contributed by atoms with Gasteiger partial charge in [-0.3, -0.25) is 9.59 Å². The first kappa shape index (κ1) is 9.84. The average Bonchev–Trinajstić information content (AvgIpc) is 2.64. The molecule has 1 aromatic heterocycles. The number of fused-ring (bicyclic) bond motifs is 2. The van der Waals surface area contributed by atoms with Crippen molar-refractivity contribution in [3.63, 3.8) is 0 Å². The standard InChI is InChI=1S/C13H9NO3/c1-14-10(15)6-9-11(14)13(17)8-5-3-2-4-7(8)12(9)16/h2-6,15H,1H3. The van der Waals surface area contributed by atoms with Crippen LogP contribution < -0.4 is 0 Å². The minimum atomic E-state index is -0.224. The highest BCUT2D eigenvalue weighted by molar-refractivity contribution is 6.28. The van der Waals surface area contributed by atoms with Gasteiger partial charge >= 0.3 is 0 Å². The lowest BCUT2D eigenvalue weighted by Crippen LogP contribution is -2.21. The van der Waals surface area contributed by atoms with Crippen molar-refractivity contribution in [2.24, 2.45) is 7.05 Å². The molecule has 0 amide bonds. The van der Waals surface area contributed by atoms with Crippen LogP contribution in [0.5, 0.6) is 5.88 Å². The molecule has 0 unspecified atom stereocenters. The fourth-order valence-electron chi connectivity index (χ4n) is 2.19. The number of carbonyl (C=O) groups is 2. The molecule has 1 aromatic carbocycles. The molecule has 1 aliphatic carbocycles. The second kappa shape index (κ2) is 3.07. The van der Waals surface area contributed by atoms with Crippen LogP contribution in [0.3, 0.4) is 0 Å². The summed E-state index contributed by atoms with van der Waals surface area (Å²) in [7, 11) is 1.56. The predicted molar refractivity (Wildman–Crippen MR) is 60.4 cm³/mol. The molecule has 17 heavy (non-hydrogen) atoms. The summed E-state index contributed by atoms with van der Waals surface area (Å²) < 4.78 is 1.34. The quantitative estimate of drug-likeness (QED) is 0.633. The van der Waals surface area contributed by atoms with Crippen LogP contribution in [0.4, 0.5) is 0 Å². The van der Waals surface area contributed by atoms with Crippen molar-refractivity contribution < 1.29 is 14.7 Å². The Morgan fingerprint density at radius 3 is 2.24 bits per heavy atom. The van der Waals surface area contributed by atoms with Gasteiger partial charge in [-0.25, -0.2) is 0 Å². The number of nitrogens with zero attached hydrogens (tertiary/aromatic N) is 1. The van der Waals surface area contributed by atoms with E-state index in [9.17, 15) is 14.7 Å². The Morgan fingerprint density at radius 2 is 1.59 bits per heavy atom. The molecule has 1 N–H and O–H groups in total. The maximum absolute atomic E-state index is 12.2. The second-order valence-electron chi connectivity index (χ2n) is 4.03. The number of carbonyl (C=O) groups excluding carboxylic acids is 2. The Kier molecular flexibility index (Phi) is 1.78. The maximum Gasteiger partial charge on any atom is 0.210 e. The molecule has 2 aromatic rings. The van der Waals surface area contributed by atoms with Crippen LogP contribution in [0.25, 0.3) is 0 Å². The highest BCUT2D eigenvalue weighted by Gasteiger charge is 2.33. The lowest BCUT2D eigenvalue weighted by Gasteiger charge is -2.14. The topological polar surface area (TPSA) is 59.3 Å². The van der Waals surface area contributed by atoms with Crippen molar-refractivity contribution in [1.29, 1.82) is 0 Å². The molecular formula is C13H9NO3. The summed E-state index contributed by atoms with van der Waals surface area (Å²) in [6, 6.07) is 8.03. The van der Waals surface area contributed by atoms with E-state index < -0.39 is 0 Å². The summed E-state index contributed by atoms with van der Waals surface area (Å²) in [5.74, 6) is -0.520. The summed E-state index contributed by atoms with van der Waals surface area (Å²) in [5, 5.41) is 9.58. The maximum atomic E-state index is 12.2. The third-order valence-corrected chi connectivity index (χ3v) is 3.08. The van der Waals surface area contributed by atoms with Gasteiger partial charge in [-0.15, -0.1) is 0 Å². The molecule has 3 rings (SSSR count). The molecule has 0 bridgehead atoms. The number of aromatic nitrogens is 1. The fourth-order valence-corrected chi connectivity index (χ4v) is 2.19. The van der Waals surface area contributed by atoms with Crippen LogP contribution in [0.2, 0.25) is 0 Å². The zero-order chi connectivity index (χ0) is 12.2. The summed E-state index contributed by atoms with van der Waals surface area (Å²) in [4.78, 5) is 24.3. The Bertz CT molecular complexity index is 667. The van der Waals surface area contributed by atoms with Gasteiger partial charge in [-0.2, -0.15) is 0 Å². The lowest BCUT2D eigenvalue weighted by atomic mass is 9.88. The van der Waals surface area contributed by atoms with E-state index in [0.717, 1.165) is 0 Å². The van der Waals surface area contributed by atoms with E-state index in [1.54, 1.807) is 31.3 Å². The monoisotopic (exact) mass is 227 g/mol. The van der Waals surface area contributed by atoms with Gasteiger partial charge in [0.1, 0.15) is 5.69 Å². The number of rotatable bonds is 0. The summed E-state index contributed by atoms with van der Waals surface area (Å²) in [6.07, 6.45) is 0. The second-order valence-corrected chi connectivity index (χ2v) is 4.03. The van der Waals surface area contributed by atoms with Gasteiger partial charge in [0.25, 0.3) is 0 Å². The van der Waals surface area contributed by atoms with Gasteiger partial charge in [-0.05, 0) is 0 Å². The van der Waals surface area contributed by atoms with Gasteiger partial charge in [0, 0.05) is 24.2 Å². The Labute approximate surface area is 97.1 Å². The largest absolute Gasteiger partial charge is 0.494 e. The Morgan fingerprint density at radius 1 is 1.00 bits per heavy atom. The molecule has 0 fully saturated rings. The van der Waals surface area contributed by atoms with E-state index >= 15 is 0 Å². The van der Waals surface area contributed by atoms with Crippen molar-refractivity contribution in [2.45, 2.75) is 0 Å². The fraction of sp³-hybridized carbons (Fsp3) is 0.0769. The summed E-state index contributed by atoms with van der Waals surface area (Å²) in [5.41, 5.74) is 1.32. The van der Waals surface area contributed by atoms with Gasteiger partial charge < -0.3 is 9.67 Å². The molecule has 1 heterocycles. The number of benzene rings is 1. The summed E-state index contributed by atoms with van der Waals surface area (Å²) >= 11 is 0. The van der Waals surface area contributed by atoms with E-state index in [1.807, 2.05) is 0 Å². The molecule has 0 radical (unpaired) electrons. The van der Waals surface area contributed by atoms with E-state index in [2.05, 4.69) is 0 Å². The summed E-state index contributed by atoms with van der Waals surface area (Å²) in [6.45, 7) is 0. The molecule has 4 nitrogen and oxygen atoms in total. The van der Waals surface area contributed by atoms with Gasteiger partial charge in [-0.1, -0.05) is 24.3 Å². The van der Waals surface area contributed by atoms with Crippen molar-refractivity contribution in [3.05, 3.63) is 52.7 Å². The van der Waals surface area contributed by atoms with E-state index in [0.29, 0.717) is 11.1 Å². The van der Waals surface area contributed by atoms with Crippen molar-refractivity contribution in [2.75, 3.05) is 0 Å². The smallest absolute Gasteiger partial charge is 0.210 e.